The lowest BCUT2D eigenvalue weighted by molar-refractivity contribution is -0.127. The molecule has 0 saturated heterocycles. The van der Waals surface area contributed by atoms with Gasteiger partial charge in [0.05, 0.1) is 17.7 Å². The normalized spacial score (nSPS) is 10.9. The van der Waals surface area contributed by atoms with E-state index in [0.29, 0.717) is 28.5 Å². The van der Waals surface area contributed by atoms with Crippen molar-refractivity contribution in [1.29, 1.82) is 0 Å². The van der Waals surface area contributed by atoms with Gasteiger partial charge < -0.3 is 4.90 Å². The first-order chi connectivity index (χ1) is 12.1. The van der Waals surface area contributed by atoms with E-state index in [0.717, 1.165) is 4.88 Å². The number of amides is 1. The van der Waals surface area contributed by atoms with Gasteiger partial charge in [0.2, 0.25) is 5.91 Å². The summed E-state index contributed by atoms with van der Waals surface area (Å²) in [5.41, 5.74) is -0.0898. The largest absolute Gasteiger partial charge is 0.340 e. The van der Waals surface area contributed by atoms with Crippen LogP contribution in [-0.4, -0.2) is 33.2 Å². The fourth-order valence-corrected chi connectivity index (χ4v) is 4.80. The number of carbonyl (C=O) groups excluding carboxylic acids is 1. The predicted molar refractivity (Wildman–Crippen MR) is 106 cm³/mol. The second-order valence-corrected chi connectivity index (χ2v) is 8.23. The summed E-state index contributed by atoms with van der Waals surface area (Å²) in [6.07, 6.45) is 1.66. The van der Waals surface area contributed by atoms with Gasteiger partial charge in [0, 0.05) is 18.5 Å². The second kappa shape index (κ2) is 7.99. The van der Waals surface area contributed by atoms with Crippen molar-refractivity contribution in [3.63, 3.8) is 0 Å². The van der Waals surface area contributed by atoms with E-state index in [-0.39, 0.29) is 17.2 Å². The van der Waals surface area contributed by atoms with Gasteiger partial charge in [0.1, 0.15) is 4.83 Å². The van der Waals surface area contributed by atoms with E-state index >= 15 is 0 Å². The highest BCUT2D eigenvalue weighted by molar-refractivity contribution is 7.99. The van der Waals surface area contributed by atoms with E-state index < -0.39 is 0 Å². The first kappa shape index (κ1) is 17.9. The minimum Gasteiger partial charge on any atom is -0.340 e. The van der Waals surface area contributed by atoms with Crippen molar-refractivity contribution in [2.75, 3.05) is 12.8 Å². The van der Waals surface area contributed by atoms with E-state index in [2.05, 4.69) is 11.6 Å². The smallest absolute Gasteiger partial charge is 0.263 e. The van der Waals surface area contributed by atoms with E-state index in [9.17, 15) is 9.59 Å². The van der Waals surface area contributed by atoms with E-state index in [1.54, 1.807) is 40.0 Å². The van der Waals surface area contributed by atoms with Crippen LogP contribution in [-0.2, 0) is 17.9 Å². The Morgan fingerprint density at radius 1 is 1.40 bits per heavy atom. The van der Waals surface area contributed by atoms with Crippen LogP contribution >= 0.6 is 34.4 Å². The molecule has 0 bridgehead atoms. The van der Waals surface area contributed by atoms with Gasteiger partial charge in [-0.1, -0.05) is 23.9 Å². The Balaban J connectivity index is 1.75. The summed E-state index contributed by atoms with van der Waals surface area (Å²) < 4.78 is 1.57. The number of allylic oxidation sites excluding steroid dienone is 1. The molecule has 130 valence electrons. The maximum atomic E-state index is 12.6. The number of hydrogen-bond donors (Lipinski definition) is 0. The van der Waals surface area contributed by atoms with Crippen molar-refractivity contribution in [2.24, 2.45) is 0 Å². The summed E-state index contributed by atoms with van der Waals surface area (Å²) in [6.45, 7) is 4.67. The van der Waals surface area contributed by atoms with Crippen molar-refractivity contribution in [2.45, 2.75) is 18.2 Å². The number of carbonyl (C=O) groups is 1. The van der Waals surface area contributed by atoms with Crippen LogP contribution in [0.2, 0.25) is 0 Å². The van der Waals surface area contributed by atoms with E-state index in [1.165, 1.54) is 23.1 Å². The van der Waals surface area contributed by atoms with Crippen molar-refractivity contribution < 1.29 is 4.79 Å². The standard InChI is InChI=1S/C17H17N3O2S3/c1-3-7-20-16(22)13-6-9-24-15(13)18-17(20)25-11-14(21)19(2)10-12-5-4-8-23-12/h3-6,8-9H,1,7,10-11H2,2H3. The SMILES string of the molecule is C=CCn1c(SCC(=O)N(C)Cc2cccs2)nc2sccc2c1=O. The molecular formula is C17H17N3O2S3. The van der Waals surface area contributed by atoms with Crippen molar-refractivity contribution >= 4 is 50.6 Å². The third-order valence-corrected chi connectivity index (χ3v) is 6.21. The molecule has 1 amide bonds. The van der Waals surface area contributed by atoms with Crippen LogP contribution < -0.4 is 5.56 Å². The third-order valence-electron chi connectivity index (χ3n) is 3.58. The van der Waals surface area contributed by atoms with Crippen LogP contribution in [0.3, 0.4) is 0 Å². The molecule has 0 fully saturated rings. The average Bonchev–Trinajstić information content (AvgIpc) is 3.27. The Kier molecular flexibility index (Phi) is 5.72. The van der Waals surface area contributed by atoms with Gasteiger partial charge in [-0.25, -0.2) is 4.98 Å². The van der Waals surface area contributed by atoms with Crippen molar-refractivity contribution in [1.82, 2.24) is 14.5 Å². The van der Waals surface area contributed by atoms with Crippen LogP contribution in [0.25, 0.3) is 10.2 Å². The summed E-state index contributed by atoms with van der Waals surface area (Å²) in [5, 5.41) is 5.01. The zero-order valence-electron chi connectivity index (χ0n) is 13.7. The lowest BCUT2D eigenvalue weighted by Gasteiger charge is -2.16. The Labute approximate surface area is 157 Å². The van der Waals surface area contributed by atoms with Gasteiger partial charge in [0.15, 0.2) is 5.16 Å². The number of thiophene rings is 2. The number of thioether (sulfide) groups is 1. The fourth-order valence-electron chi connectivity index (χ4n) is 2.29. The molecule has 3 rings (SSSR count). The number of fused-ring (bicyclic) bond motifs is 1. The molecule has 5 nitrogen and oxygen atoms in total. The monoisotopic (exact) mass is 391 g/mol. The minimum atomic E-state index is -0.0898. The van der Waals surface area contributed by atoms with Crippen molar-refractivity contribution in [3.8, 4) is 0 Å². The summed E-state index contributed by atoms with van der Waals surface area (Å²) in [6, 6.07) is 5.76. The molecule has 8 heteroatoms. The number of hydrogen-bond acceptors (Lipinski definition) is 6. The molecule has 0 radical (unpaired) electrons. The molecule has 3 heterocycles. The maximum Gasteiger partial charge on any atom is 0.263 e. The van der Waals surface area contributed by atoms with Gasteiger partial charge in [-0.2, -0.15) is 0 Å². The first-order valence-corrected chi connectivity index (χ1v) is 10.3. The summed E-state index contributed by atoms with van der Waals surface area (Å²) in [4.78, 5) is 33.0. The zero-order chi connectivity index (χ0) is 17.8. The number of nitrogens with zero attached hydrogens (tertiary/aromatic N) is 3. The lowest BCUT2D eigenvalue weighted by atomic mass is 10.4. The minimum absolute atomic E-state index is 0.00378. The van der Waals surface area contributed by atoms with Crippen LogP contribution in [0.15, 0.2) is 51.6 Å². The second-order valence-electron chi connectivity index (χ2n) is 5.36. The summed E-state index contributed by atoms with van der Waals surface area (Å²) in [7, 11) is 1.79. The Morgan fingerprint density at radius 2 is 2.24 bits per heavy atom. The topological polar surface area (TPSA) is 55.2 Å². The molecule has 0 aromatic carbocycles. The lowest BCUT2D eigenvalue weighted by Crippen LogP contribution is -2.28. The quantitative estimate of drug-likeness (QED) is 0.352. The summed E-state index contributed by atoms with van der Waals surface area (Å²) >= 11 is 4.35. The zero-order valence-corrected chi connectivity index (χ0v) is 16.1. The van der Waals surface area contributed by atoms with E-state index in [1.807, 2.05) is 22.9 Å². The first-order valence-electron chi connectivity index (χ1n) is 7.58. The van der Waals surface area contributed by atoms with Gasteiger partial charge in [-0.15, -0.1) is 29.3 Å². The molecule has 0 aliphatic heterocycles. The van der Waals surface area contributed by atoms with Gasteiger partial charge >= 0.3 is 0 Å². The van der Waals surface area contributed by atoms with Crippen LogP contribution in [0.5, 0.6) is 0 Å². The summed E-state index contributed by atoms with van der Waals surface area (Å²) in [5.74, 6) is 0.242. The molecule has 0 spiro atoms. The highest BCUT2D eigenvalue weighted by Gasteiger charge is 2.15. The molecule has 0 saturated carbocycles. The molecular weight excluding hydrogens is 374 g/mol. The fraction of sp³-hybridized carbons (Fsp3) is 0.235. The Bertz CT molecular complexity index is 944. The highest BCUT2D eigenvalue weighted by atomic mass is 32.2. The number of rotatable bonds is 7. The predicted octanol–water partition coefficient (Wildman–Crippen LogP) is 3.46. The van der Waals surface area contributed by atoms with E-state index in [4.69, 9.17) is 0 Å². The van der Waals surface area contributed by atoms with Gasteiger partial charge in [-0.3, -0.25) is 14.2 Å². The Hall–Kier alpha value is -1.90. The average molecular weight is 392 g/mol. The molecule has 3 aromatic heterocycles. The number of aromatic nitrogens is 2. The highest BCUT2D eigenvalue weighted by Crippen LogP contribution is 2.22. The van der Waals surface area contributed by atoms with Crippen LogP contribution in [0.1, 0.15) is 4.88 Å². The van der Waals surface area contributed by atoms with Crippen LogP contribution in [0.4, 0.5) is 0 Å². The molecule has 0 N–H and O–H groups in total. The molecule has 0 atom stereocenters. The molecule has 0 aliphatic rings. The molecule has 3 aromatic rings. The molecule has 0 unspecified atom stereocenters. The Morgan fingerprint density at radius 3 is 2.96 bits per heavy atom. The maximum absolute atomic E-state index is 12.6. The van der Waals surface area contributed by atoms with Crippen LogP contribution in [0, 0.1) is 0 Å². The molecule has 25 heavy (non-hydrogen) atoms. The van der Waals surface area contributed by atoms with Gasteiger partial charge in [0.25, 0.3) is 5.56 Å². The molecule has 0 aliphatic carbocycles. The van der Waals surface area contributed by atoms with Gasteiger partial charge in [-0.05, 0) is 22.9 Å². The van der Waals surface area contributed by atoms with Crippen molar-refractivity contribution in [3.05, 3.63) is 56.8 Å². The third kappa shape index (κ3) is 4.02.